The third kappa shape index (κ3) is 2.41. The molecule has 2 heterocycles. The molecule has 0 aromatic carbocycles. The first-order chi connectivity index (χ1) is 8.06. The number of aromatic nitrogens is 2. The Kier molecular flexibility index (Phi) is 2.78. The van der Waals surface area contributed by atoms with Gasteiger partial charge in [0.25, 0.3) is 5.91 Å². The smallest absolute Gasteiger partial charge is 0.269 e. The third-order valence-electron chi connectivity index (χ3n) is 2.22. The van der Waals surface area contributed by atoms with Crippen LogP contribution in [0.2, 0.25) is 0 Å². The van der Waals surface area contributed by atoms with Crippen molar-refractivity contribution in [1.82, 2.24) is 9.78 Å². The number of amides is 1. The lowest BCUT2D eigenvalue weighted by atomic mass is 10.3. The minimum absolute atomic E-state index is 0.130. The summed E-state index contributed by atoms with van der Waals surface area (Å²) in [5.41, 5.74) is 5.28. The Morgan fingerprint density at radius 3 is 2.71 bits per heavy atom. The molecule has 2 rings (SSSR count). The van der Waals surface area contributed by atoms with Gasteiger partial charge >= 0.3 is 0 Å². The van der Waals surface area contributed by atoms with Gasteiger partial charge in [0.2, 0.25) is 0 Å². The van der Waals surface area contributed by atoms with Crippen molar-refractivity contribution in [2.24, 2.45) is 5.73 Å². The highest BCUT2D eigenvalue weighted by Gasteiger charge is 2.08. The van der Waals surface area contributed by atoms with Crippen molar-refractivity contribution < 1.29 is 14.0 Å². The van der Waals surface area contributed by atoms with E-state index in [1.807, 2.05) is 0 Å². The number of ketones is 1. The SMILES string of the molecule is CC(=O)c1ccc(Cn2ccc(C(N)=O)n2)o1. The molecule has 0 unspecified atom stereocenters. The number of furan rings is 1. The normalized spacial score (nSPS) is 10.4. The van der Waals surface area contributed by atoms with Crippen LogP contribution in [-0.2, 0) is 6.54 Å². The minimum atomic E-state index is -0.576. The minimum Gasteiger partial charge on any atom is -0.456 e. The molecule has 6 nitrogen and oxygen atoms in total. The Hall–Kier alpha value is -2.37. The van der Waals surface area contributed by atoms with Crippen molar-refractivity contribution in [1.29, 1.82) is 0 Å². The average Bonchev–Trinajstić information content (AvgIpc) is 2.87. The predicted octanol–water partition coefficient (Wildman–Crippen LogP) is 0.826. The molecular weight excluding hydrogens is 222 g/mol. The number of hydrogen-bond acceptors (Lipinski definition) is 4. The maximum atomic E-state index is 11.0. The van der Waals surface area contributed by atoms with Gasteiger partial charge in [-0.05, 0) is 18.2 Å². The molecule has 0 aliphatic heterocycles. The van der Waals surface area contributed by atoms with Crippen molar-refractivity contribution in [2.75, 3.05) is 0 Å². The van der Waals surface area contributed by atoms with E-state index in [0.717, 1.165) is 0 Å². The van der Waals surface area contributed by atoms with Crippen LogP contribution >= 0.6 is 0 Å². The Balaban J connectivity index is 2.13. The second-order valence-electron chi connectivity index (χ2n) is 3.58. The molecule has 2 aromatic rings. The largest absolute Gasteiger partial charge is 0.456 e. The summed E-state index contributed by atoms with van der Waals surface area (Å²) < 4.78 is 6.81. The molecule has 2 N–H and O–H groups in total. The first-order valence-electron chi connectivity index (χ1n) is 4.99. The molecule has 6 heteroatoms. The second kappa shape index (κ2) is 4.25. The van der Waals surface area contributed by atoms with E-state index in [-0.39, 0.29) is 11.5 Å². The Labute approximate surface area is 97.0 Å². The molecule has 0 spiro atoms. The molecule has 88 valence electrons. The number of nitrogens with zero attached hydrogens (tertiary/aromatic N) is 2. The number of nitrogens with two attached hydrogens (primary N) is 1. The molecule has 17 heavy (non-hydrogen) atoms. The van der Waals surface area contributed by atoms with E-state index in [2.05, 4.69) is 5.10 Å². The molecule has 0 bridgehead atoms. The van der Waals surface area contributed by atoms with Crippen LogP contribution in [0.4, 0.5) is 0 Å². The summed E-state index contributed by atoms with van der Waals surface area (Å²) in [6.45, 7) is 1.78. The van der Waals surface area contributed by atoms with Gasteiger partial charge in [-0.15, -0.1) is 0 Å². The highest BCUT2D eigenvalue weighted by atomic mass is 16.3. The van der Waals surface area contributed by atoms with Gasteiger partial charge in [0.05, 0.1) is 6.54 Å². The molecule has 0 atom stereocenters. The monoisotopic (exact) mass is 233 g/mol. The van der Waals surface area contributed by atoms with Gasteiger partial charge in [-0.1, -0.05) is 0 Å². The summed E-state index contributed by atoms with van der Waals surface area (Å²) >= 11 is 0. The van der Waals surface area contributed by atoms with Crippen molar-refractivity contribution in [2.45, 2.75) is 13.5 Å². The molecule has 0 saturated heterocycles. The molecule has 2 aromatic heterocycles. The number of primary amides is 1. The first-order valence-corrected chi connectivity index (χ1v) is 4.99. The van der Waals surface area contributed by atoms with Crippen molar-refractivity contribution in [3.05, 3.63) is 41.6 Å². The lowest BCUT2D eigenvalue weighted by Crippen LogP contribution is -2.12. The van der Waals surface area contributed by atoms with E-state index in [1.54, 1.807) is 18.3 Å². The van der Waals surface area contributed by atoms with E-state index in [4.69, 9.17) is 10.2 Å². The fraction of sp³-hybridized carbons (Fsp3) is 0.182. The first kappa shape index (κ1) is 11.1. The van der Waals surface area contributed by atoms with Gasteiger partial charge in [-0.3, -0.25) is 14.3 Å². The predicted molar refractivity (Wildman–Crippen MR) is 58.6 cm³/mol. The quantitative estimate of drug-likeness (QED) is 0.791. The Morgan fingerprint density at radius 2 is 2.18 bits per heavy atom. The molecule has 0 saturated carbocycles. The van der Waals surface area contributed by atoms with Crippen LogP contribution in [0, 0.1) is 0 Å². The van der Waals surface area contributed by atoms with E-state index in [9.17, 15) is 9.59 Å². The van der Waals surface area contributed by atoms with Gasteiger partial charge in [0, 0.05) is 13.1 Å². The van der Waals surface area contributed by atoms with Crippen molar-refractivity contribution in [3.8, 4) is 0 Å². The fourth-order valence-electron chi connectivity index (χ4n) is 1.39. The van der Waals surface area contributed by atoms with Gasteiger partial charge in [-0.25, -0.2) is 0 Å². The van der Waals surface area contributed by atoms with Crippen LogP contribution in [0.15, 0.2) is 28.8 Å². The zero-order valence-electron chi connectivity index (χ0n) is 9.21. The fourth-order valence-corrected chi connectivity index (χ4v) is 1.39. The van der Waals surface area contributed by atoms with Gasteiger partial charge in [0.15, 0.2) is 11.5 Å². The summed E-state index contributed by atoms with van der Waals surface area (Å²) in [7, 11) is 0. The highest BCUT2D eigenvalue weighted by Crippen LogP contribution is 2.10. The average molecular weight is 233 g/mol. The van der Waals surface area contributed by atoms with Gasteiger partial charge in [-0.2, -0.15) is 5.10 Å². The summed E-state index contributed by atoms with van der Waals surface area (Å²) in [6.07, 6.45) is 1.62. The van der Waals surface area contributed by atoms with E-state index in [1.165, 1.54) is 17.7 Å². The Bertz CT molecular complexity index is 518. The Morgan fingerprint density at radius 1 is 1.41 bits per heavy atom. The van der Waals surface area contributed by atoms with E-state index >= 15 is 0 Å². The number of hydrogen-bond donors (Lipinski definition) is 1. The van der Waals surface area contributed by atoms with Crippen LogP contribution in [0.25, 0.3) is 0 Å². The summed E-state index contributed by atoms with van der Waals surface area (Å²) in [4.78, 5) is 21.9. The molecule has 0 radical (unpaired) electrons. The maximum Gasteiger partial charge on any atom is 0.269 e. The number of rotatable bonds is 4. The van der Waals surface area contributed by atoms with Crippen LogP contribution in [0.3, 0.4) is 0 Å². The second-order valence-corrected chi connectivity index (χ2v) is 3.58. The van der Waals surface area contributed by atoms with Crippen LogP contribution in [0.1, 0.15) is 33.7 Å². The zero-order valence-corrected chi connectivity index (χ0v) is 9.21. The van der Waals surface area contributed by atoms with E-state index < -0.39 is 5.91 Å². The topological polar surface area (TPSA) is 91.1 Å². The summed E-state index contributed by atoms with van der Waals surface area (Å²) in [6, 6.07) is 4.83. The maximum absolute atomic E-state index is 11.0. The third-order valence-corrected chi connectivity index (χ3v) is 2.22. The lowest BCUT2D eigenvalue weighted by Gasteiger charge is -1.97. The molecular formula is C11H11N3O3. The number of carbonyl (C=O) groups excluding carboxylic acids is 2. The van der Waals surface area contributed by atoms with Crippen LogP contribution in [-0.4, -0.2) is 21.5 Å². The molecule has 0 aliphatic carbocycles. The van der Waals surface area contributed by atoms with Crippen molar-refractivity contribution >= 4 is 11.7 Å². The van der Waals surface area contributed by atoms with Crippen LogP contribution < -0.4 is 5.73 Å². The standard InChI is InChI=1S/C11H11N3O3/c1-7(15)10-3-2-8(17-10)6-14-5-4-9(13-14)11(12)16/h2-5H,6H2,1H3,(H2,12,16). The van der Waals surface area contributed by atoms with Crippen molar-refractivity contribution in [3.63, 3.8) is 0 Å². The summed E-state index contributed by atoms with van der Waals surface area (Å²) in [5.74, 6) is 0.193. The molecule has 0 aliphatic rings. The molecule has 1 amide bonds. The van der Waals surface area contributed by atoms with Gasteiger partial charge < -0.3 is 10.2 Å². The number of carbonyl (C=O) groups is 2. The zero-order chi connectivity index (χ0) is 12.4. The molecule has 0 fully saturated rings. The lowest BCUT2D eigenvalue weighted by molar-refractivity contribution is 0.0982. The van der Waals surface area contributed by atoms with Gasteiger partial charge in [0.1, 0.15) is 11.5 Å². The number of Topliss-reactive ketones (excluding diaryl/α,β-unsaturated/α-hetero) is 1. The van der Waals surface area contributed by atoms with E-state index in [0.29, 0.717) is 18.1 Å². The van der Waals surface area contributed by atoms with Crippen LogP contribution in [0.5, 0.6) is 0 Å². The highest BCUT2D eigenvalue weighted by molar-refractivity contribution is 5.91. The summed E-state index contributed by atoms with van der Waals surface area (Å²) in [5, 5.41) is 3.96.